The summed E-state index contributed by atoms with van der Waals surface area (Å²) >= 11 is 0. The van der Waals surface area contributed by atoms with Gasteiger partial charge >= 0.3 is 0 Å². The second kappa shape index (κ2) is 4.76. The number of likely N-dealkylation sites (N-methyl/N-ethyl adjacent to an activating group) is 1. The molecular weight excluding hydrogens is 236 g/mol. The molecule has 0 aromatic heterocycles. The molecule has 1 aliphatic heterocycles. The summed E-state index contributed by atoms with van der Waals surface area (Å²) in [4.78, 5) is 6.96. The van der Waals surface area contributed by atoms with Crippen LogP contribution in [0.15, 0.2) is 53.5 Å². The van der Waals surface area contributed by atoms with Gasteiger partial charge in [0.1, 0.15) is 5.75 Å². The second-order valence-electron chi connectivity index (χ2n) is 4.63. The van der Waals surface area contributed by atoms with E-state index in [2.05, 4.69) is 36.2 Å². The van der Waals surface area contributed by atoms with Gasteiger partial charge in [-0.2, -0.15) is 0 Å². The summed E-state index contributed by atoms with van der Waals surface area (Å²) < 4.78 is 5.16. The average molecular weight is 252 g/mol. The third kappa shape index (κ3) is 2.19. The van der Waals surface area contributed by atoms with E-state index in [0.29, 0.717) is 0 Å². The van der Waals surface area contributed by atoms with Gasteiger partial charge in [0.25, 0.3) is 0 Å². The number of methoxy groups -OCH3 is 1. The van der Waals surface area contributed by atoms with Crippen LogP contribution in [0.25, 0.3) is 0 Å². The van der Waals surface area contributed by atoms with Gasteiger partial charge in [-0.05, 0) is 30.3 Å². The Hall–Kier alpha value is -2.29. The molecule has 19 heavy (non-hydrogen) atoms. The third-order valence-electron chi connectivity index (χ3n) is 3.35. The minimum atomic E-state index is 0.853. The van der Waals surface area contributed by atoms with Crippen molar-refractivity contribution in [2.75, 3.05) is 25.6 Å². The first-order chi connectivity index (χ1) is 9.28. The Morgan fingerprint density at radius 3 is 2.53 bits per heavy atom. The molecule has 0 atom stereocenters. The molecule has 2 aromatic rings. The van der Waals surface area contributed by atoms with Gasteiger partial charge in [-0.25, -0.2) is 0 Å². The van der Waals surface area contributed by atoms with Crippen molar-refractivity contribution in [1.82, 2.24) is 0 Å². The smallest absolute Gasteiger partial charge is 0.119 e. The van der Waals surface area contributed by atoms with Crippen LogP contribution in [0, 0.1) is 0 Å². The van der Waals surface area contributed by atoms with Crippen LogP contribution in [-0.4, -0.2) is 26.4 Å². The molecule has 3 rings (SSSR count). The highest BCUT2D eigenvalue weighted by molar-refractivity contribution is 6.12. The molecule has 0 amide bonds. The molecule has 1 heterocycles. The number of hydrogen-bond acceptors (Lipinski definition) is 3. The lowest BCUT2D eigenvalue weighted by atomic mass is 10.1. The summed E-state index contributed by atoms with van der Waals surface area (Å²) in [6.45, 7) is 0.853. The molecule has 0 bridgehead atoms. The van der Waals surface area contributed by atoms with E-state index in [1.807, 2.05) is 24.3 Å². The number of aliphatic imine (C=N–C) groups is 1. The van der Waals surface area contributed by atoms with Gasteiger partial charge in [0.05, 0.1) is 25.1 Å². The molecule has 2 aromatic carbocycles. The minimum Gasteiger partial charge on any atom is -0.497 e. The maximum atomic E-state index is 5.16. The van der Waals surface area contributed by atoms with Crippen LogP contribution < -0.4 is 9.64 Å². The molecule has 0 saturated heterocycles. The SMILES string of the molecule is COc1ccc(N=C2CN(C)c3ccccc32)cc1. The first-order valence-electron chi connectivity index (χ1n) is 6.30. The highest BCUT2D eigenvalue weighted by atomic mass is 16.5. The fourth-order valence-corrected chi connectivity index (χ4v) is 2.35. The van der Waals surface area contributed by atoms with E-state index in [1.165, 1.54) is 11.3 Å². The molecule has 0 radical (unpaired) electrons. The molecule has 0 aliphatic carbocycles. The van der Waals surface area contributed by atoms with Crippen molar-refractivity contribution < 1.29 is 4.74 Å². The molecule has 0 spiro atoms. The van der Waals surface area contributed by atoms with Crippen LogP contribution in [-0.2, 0) is 0 Å². The minimum absolute atomic E-state index is 0.853. The van der Waals surface area contributed by atoms with Gasteiger partial charge in [-0.1, -0.05) is 18.2 Å². The molecule has 0 saturated carbocycles. The van der Waals surface area contributed by atoms with Gasteiger partial charge in [0, 0.05) is 18.3 Å². The zero-order chi connectivity index (χ0) is 13.2. The predicted octanol–water partition coefficient (Wildman–Crippen LogP) is 3.27. The Morgan fingerprint density at radius 1 is 1.05 bits per heavy atom. The van der Waals surface area contributed by atoms with E-state index in [4.69, 9.17) is 9.73 Å². The number of fused-ring (bicyclic) bond motifs is 1. The molecule has 0 fully saturated rings. The second-order valence-corrected chi connectivity index (χ2v) is 4.63. The van der Waals surface area contributed by atoms with Crippen molar-refractivity contribution >= 4 is 17.1 Å². The summed E-state index contributed by atoms with van der Waals surface area (Å²) in [7, 11) is 3.76. The number of rotatable bonds is 2. The normalized spacial score (nSPS) is 15.7. The Morgan fingerprint density at radius 2 is 1.79 bits per heavy atom. The van der Waals surface area contributed by atoms with Crippen LogP contribution in [0.3, 0.4) is 0 Å². The molecule has 1 aliphatic rings. The monoisotopic (exact) mass is 252 g/mol. The summed E-state index contributed by atoms with van der Waals surface area (Å²) in [5.74, 6) is 0.855. The topological polar surface area (TPSA) is 24.8 Å². The molecule has 0 unspecified atom stereocenters. The fraction of sp³-hybridized carbons (Fsp3) is 0.188. The highest BCUT2D eigenvalue weighted by Gasteiger charge is 2.21. The lowest BCUT2D eigenvalue weighted by Crippen LogP contribution is -2.16. The van der Waals surface area contributed by atoms with E-state index < -0.39 is 0 Å². The van der Waals surface area contributed by atoms with Gasteiger partial charge in [0.2, 0.25) is 0 Å². The van der Waals surface area contributed by atoms with Crippen LogP contribution in [0.2, 0.25) is 0 Å². The van der Waals surface area contributed by atoms with Gasteiger partial charge in [-0.3, -0.25) is 4.99 Å². The van der Waals surface area contributed by atoms with Crippen LogP contribution in [0.1, 0.15) is 5.56 Å². The zero-order valence-electron chi connectivity index (χ0n) is 11.1. The van der Waals surface area contributed by atoms with Crippen LogP contribution in [0.4, 0.5) is 11.4 Å². The van der Waals surface area contributed by atoms with Crippen molar-refractivity contribution in [1.29, 1.82) is 0 Å². The lowest BCUT2D eigenvalue weighted by Gasteiger charge is -2.09. The lowest BCUT2D eigenvalue weighted by molar-refractivity contribution is 0.415. The van der Waals surface area contributed by atoms with Crippen molar-refractivity contribution in [2.24, 2.45) is 4.99 Å². The molecule has 0 N–H and O–H groups in total. The maximum Gasteiger partial charge on any atom is 0.119 e. The van der Waals surface area contributed by atoms with Gasteiger partial charge in [-0.15, -0.1) is 0 Å². The Balaban J connectivity index is 1.96. The van der Waals surface area contributed by atoms with Gasteiger partial charge in [0.15, 0.2) is 0 Å². The number of nitrogens with zero attached hydrogens (tertiary/aromatic N) is 2. The first-order valence-corrected chi connectivity index (χ1v) is 6.30. The first kappa shape index (κ1) is 11.8. The predicted molar refractivity (Wildman–Crippen MR) is 78.9 cm³/mol. The van der Waals surface area contributed by atoms with E-state index >= 15 is 0 Å². The summed E-state index contributed by atoms with van der Waals surface area (Å²) in [5, 5.41) is 0. The summed E-state index contributed by atoms with van der Waals surface area (Å²) in [5.41, 5.74) is 4.54. The van der Waals surface area contributed by atoms with Crippen LogP contribution in [0.5, 0.6) is 5.75 Å². The zero-order valence-corrected chi connectivity index (χ0v) is 11.1. The highest BCUT2D eigenvalue weighted by Crippen LogP contribution is 2.28. The van der Waals surface area contributed by atoms with Gasteiger partial charge < -0.3 is 9.64 Å². The average Bonchev–Trinajstić information content (AvgIpc) is 2.77. The van der Waals surface area contributed by atoms with Crippen molar-refractivity contribution in [3.63, 3.8) is 0 Å². The molecule has 3 heteroatoms. The third-order valence-corrected chi connectivity index (χ3v) is 3.35. The fourth-order valence-electron chi connectivity index (χ4n) is 2.35. The number of anilines is 1. The Kier molecular flexibility index (Phi) is 2.95. The van der Waals surface area contributed by atoms with Crippen molar-refractivity contribution in [3.8, 4) is 5.75 Å². The Bertz CT molecular complexity index is 617. The molecule has 3 nitrogen and oxygen atoms in total. The quantitative estimate of drug-likeness (QED) is 0.819. The maximum absolute atomic E-state index is 5.16. The Labute approximate surface area is 113 Å². The van der Waals surface area contributed by atoms with E-state index in [-0.39, 0.29) is 0 Å². The molecular formula is C16H16N2O. The summed E-state index contributed by atoms with van der Waals surface area (Å²) in [6.07, 6.45) is 0. The number of benzene rings is 2. The van der Waals surface area contributed by atoms with Crippen molar-refractivity contribution in [2.45, 2.75) is 0 Å². The summed E-state index contributed by atoms with van der Waals surface area (Å²) in [6, 6.07) is 16.2. The van der Waals surface area contributed by atoms with E-state index in [1.54, 1.807) is 7.11 Å². The van der Waals surface area contributed by atoms with E-state index in [0.717, 1.165) is 23.7 Å². The van der Waals surface area contributed by atoms with Crippen molar-refractivity contribution in [3.05, 3.63) is 54.1 Å². The number of ether oxygens (including phenoxy) is 1. The standard InChI is InChI=1S/C16H16N2O/c1-18-11-15(14-5-3-4-6-16(14)18)17-12-7-9-13(19-2)10-8-12/h3-10H,11H2,1-2H3. The largest absolute Gasteiger partial charge is 0.497 e. The van der Waals surface area contributed by atoms with E-state index in [9.17, 15) is 0 Å². The number of para-hydroxylation sites is 1. The number of hydrogen-bond donors (Lipinski definition) is 0. The molecule has 96 valence electrons. The van der Waals surface area contributed by atoms with Crippen LogP contribution >= 0.6 is 0 Å².